The molecule has 5 nitrogen and oxygen atoms in total. The van der Waals surface area contributed by atoms with Crippen LogP contribution in [0.5, 0.6) is 0 Å². The monoisotopic (exact) mass is 257 g/mol. The summed E-state index contributed by atoms with van der Waals surface area (Å²) in [5.41, 5.74) is 0.580. The highest BCUT2D eigenvalue weighted by atomic mass is 19.3. The third kappa shape index (κ3) is 1.69. The minimum absolute atomic E-state index is 0.142. The molecule has 0 bridgehead atoms. The second kappa shape index (κ2) is 3.73. The summed E-state index contributed by atoms with van der Waals surface area (Å²) in [4.78, 5) is 11.7. The largest absolute Gasteiger partial charge is 0.350 e. The predicted molar refractivity (Wildman–Crippen MR) is 56.0 cm³/mol. The minimum atomic E-state index is -2.45. The Morgan fingerprint density at radius 1 is 1.44 bits per heavy atom. The zero-order valence-electron chi connectivity index (χ0n) is 9.82. The molecular formula is C11H13F2N3O2. The Kier molecular flexibility index (Phi) is 2.39. The maximum Gasteiger partial charge on any atom is 0.275 e. The van der Waals surface area contributed by atoms with E-state index in [1.54, 1.807) is 6.92 Å². The maximum absolute atomic E-state index is 13.0. The van der Waals surface area contributed by atoms with E-state index in [1.807, 2.05) is 0 Å². The number of carbonyl (C=O) groups excluding carboxylic acids is 1. The van der Waals surface area contributed by atoms with Gasteiger partial charge in [0.25, 0.3) is 11.8 Å². The fourth-order valence-electron chi connectivity index (χ4n) is 2.84. The number of nitrogens with one attached hydrogen (secondary N) is 1. The van der Waals surface area contributed by atoms with E-state index < -0.39 is 17.8 Å². The topological polar surface area (TPSA) is 68.0 Å². The molecule has 98 valence electrons. The van der Waals surface area contributed by atoms with Crippen molar-refractivity contribution >= 4 is 5.91 Å². The first-order valence-corrected chi connectivity index (χ1v) is 5.95. The highest BCUT2D eigenvalue weighted by molar-refractivity contribution is 5.92. The highest BCUT2D eigenvalue weighted by Gasteiger charge is 2.71. The van der Waals surface area contributed by atoms with Gasteiger partial charge in [-0.25, -0.2) is 13.4 Å². The molecule has 18 heavy (non-hydrogen) atoms. The number of amides is 1. The number of carbonyl (C=O) groups is 1. The van der Waals surface area contributed by atoms with E-state index in [2.05, 4.69) is 20.3 Å². The molecule has 0 aromatic carbocycles. The molecule has 1 N–H and O–H groups in total. The van der Waals surface area contributed by atoms with Crippen LogP contribution in [0.2, 0.25) is 0 Å². The van der Waals surface area contributed by atoms with Crippen molar-refractivity contribution in [1.82, 2.24) is 15.6 Å². The summed E-state index contributed by atoms with van der Waals surface area (Å²) in [6.45, 7) is 2.03. The van der Waals surface area contributed by atoms with E-state index in [9.17, 15) is 13.6 Å². The van der Waals surface area contributed by atoms with Crippen molar-refractivity contribution in [3.63, 3.8) is 0 Å². The van der Waals surface area contributed by atoms with E-state index in [0.717, 1.165) is 0 Å². The van der Waals surface area contributed by atoms with Crippen LogP contribution in [0.4, 0.5) is 8.78 Å². The Balaban J connectivity index is 1.49. The van der Waals surface area contributed by atoms with Crippen molar-refractivity contribution in [2.75, 3.05) is 6.54 Å². The number of alkyl halides is 2. The third-order valence-electron chi connectivity index (χ3n) is 3.96. The number of aromatic nitrogens is 2. The summed E-state index contributed by atoms with van der Waals surface area (Å²) < 4.78 is 30.4. The zero-order valence-corrected chi connectivity index (χ0v) is 9.82. The zero-order chi connectivity index (χ0) is 12.9. The lowest BCUT2D eigenvalue weighted by molar-refractivity contribution is 0.0634. The fourth-order valence-corrected chi connectivity index (χ4v) is 2.84. The number of halogens is 2. The molecule has 0 saturated heterocycles. The van der Waals surface area contributed by atoms with Crippen LogP contribution in [-0.2, 0) is 0 Å². The molecule has 2 unspecified atom stereocenters. The summed E-state index contributed by atoms with van der Waals surface area (Å²) in [5.74, 6) is -3.60. The van der Waals surface area contributed by atoms with Crippen molar-refractivity contribution < 1.29 is 18.2 Å². The number of rotatable bonds is 3. The summed E-state index contributed by atoms with van der Waals surface area (Å²) in [6.07, 6.45) is 0.988. The quantitative estimate of drug-likeness (QED) is 0.888. The molecule has 1 amide bonds. The van der Waals surface area contributed by atoms with Gasteiger partial charge in [-0.2, -0.15) is 0 Å². The Bertz CT molecular complexity index is 474. The van der Waals surface area contributed by atoms with Gasteiger partial charge in [0.05, 0.1) is 0 Å². The Morgan fingerprint density at radius 3 is 2.67 bits per heavy atom. The molecule has 0 radical (unpaired) electrons. The molecule has 2 fully saturated rings. The van der Waals surface area contributed by atoms with Gasteiger partial charge in [-0.15, -0.1) is 0 Å². The number of fused-ring (bicyclic) bond motifs is 1. The smallest absolute Gasteiger partial charge is 0.275 e. The fraction of sp³-hybridized carbons (Fsp3) is 0.727. The lowest BCUT2D eigenvalue weighted by Gasteiger charge is -2.14. The van der Waals surface area contributed by atoms with Crippen LogP contribution in [0.3, 0.4) is 0 Å². The SMILES string of the molecule is Cc1nonc1C(=O)NCC1CC2C(C1)C2(F)F. The summed E-state index contributed by atoms with van der Waals surface area (Å²) >= 11 is 0. The predicted octanol–water partition coefficient (Wildman–Crippen LogP) is 1.40. The van der Waals surface area contributed by atoms with E-state index in [0.29, 0.717) is 25.1 Å². The van der Waals surface area contributed by atoms with E-state index in [-0.39, 0.29) is 17.5 Å². The van der Waals surface area contributed by atoms with Crippen molar-refractivity contribution in [3.8, 4) is 0 Å². The molecule has 1 aromatic heterocycles. The summed E-state index contributed by atoms with van der Waals surface area (Å²) in [7, 11) is 0. The molecule has 7 heteroatoms. The highest BCUT2D eigenvalue weighted by Crippen LogP contribution is 2.65. The van der Waals surface area contributed by atoms with Gasteiger partial charge in [0.2, 0.25) is 0 Å². The molecule has 2 aliphatic rings. The molecule has 2 atom stereocenters. The average molecular weight is 257 g/mol. The molecule has 0 aliphatic heterocycles. The second-order valence-electron chi connectivity index (χ2n) is 5.13. The molecule has 0 spiro atoms. The van der Waals surface area contributed by atoms with Crippen LogP contribution in [-0.4, -0.2) is 28.7 Å². The second-order valence-corrected chi connectivity index (χ2v) is 5.13. The van der Waals surface area contributed by atoms with Gasteiger partial charge in [-0.05, 0) is 30.8 Å². The third-order valence-corrected chi connectivity index (χ3v) is 3.96. The molecule has 1 aromatic rings. The van der Waals surface area contributed by atoms with Crippen LogP contribution < -0.4 is 5.32 Å². The number of aryl methyl sites for hydroxylation is 1. The first-order valence-electron chi connectivity index (χ1n) is 5.95. The molecule has 1 heterocycles. The Hall–Kier alpha value is -1.53. The molecule has 2 aliphatic carbocycles. The van der Waals surface area contributed by atoms with E-state index in [4.69, 9.17) is 0 Å². The standard InChI is InChI=1S/C11H13F2N3O2/c1-5-9(16-18-15-5)10(17)14-4-6-2-7-8(3-6)11(7,12)13/h6-8H,2-4H2,1H3,(H,14,17). The first kappa shape index (κ1) is 11.6. The van der Waals surface area contributed by atoms with Gasteiger partial charge in [0.1, 0.15) is 5.69 Å². The normalized spacial score (nSPS) is 32.1. The van der Waals surface area contributed by atoms with Crippen LogP contribution in [0.1, 0.15) is 29.0 Å². The van der Waals surface area contributed by atoms with Gasteiger partial charge < -0.3 is 5.32 Å². The van der Waals surface area contributed by atoms with Crippen LogP contribution in [0.25, 0.3) is 0 Å². The number of hydrogen-bond acceptors (Lipinski definition) is 4. The Morgan fingerprint density at radius 2 is 2.11 bits per heavy atom. The van der Waals surface area contributed by atoms with Gasteiger partial charge in [0, 0.05) is 18.4 Å². The van der Waals surface area contributed by atoms with Crippen LogP contribution >= 0.6 is 0 Å². The first-order chi connectivity index (χ1) is 8.50. The lowest BCUT2D eigenvalue weighted by atomic mass is 10.0. The molecule has 2 saturated carbocycles. The number of hydrogen-bond donors (Lipinski definition) is 1. The molecular weight excluding hydrogens is 244 g/mol. The van der Waals surface area contributed by atoms with Crippen molar-refractivity contribution in [2.45, 2.75) is 25.7 Å². The average Bonchev–Trinajstić information content (AvgIpc) is 2.78. The summed E-state index contributed by atoms with van der Waals surface area (Å²) in [6, 6.07) is 0. The molecule has 3 rings (SSSR count). The Labute approximate surface area is 102 Å². The number of nitrogens with zero attached hydrogens (tertiary/aromatic N) is 2. The minimum Gasteiger partial charge on any atom is -0.350 e. The van der Waals surface area contributed by atoms with E-state index in [1.165, 1.54) is 0 Å². The van der Waals surface area contributed by atoms with Crippen molar-refractivity contribution in [3.05, 3.63) is 11.4 Å². The van der Waals surface area contributed by atoms with Gasteiger partial charge in [0.15, 0.2) is 5.69 Å². The van der Waals surface area contributed by atoms with Gasteiger partial charge in [-0.3, -0.25) is 4.79 Å². The van der Waals surface area contributed by atoms with E-state index >= 15 is 0 Å². The van der Waals surface area contributed by atoms with Crippen molar-refractivity contribution in [1.29, 1.82) is 0 Å². The van der Waals surface area contributed by atoms with Crippen LogP contribution in [0, 0.1) is 24.7 Å². The maximum atomic E-state index is 13.0. The lowest BCUT2D eigenvalue weighted by Crippen LogP contribution is -2.30. The van der Waals surface area contributed by atoms with Gasteiger partial charge in [-0.1, -0.05) is 5.16 Å². The summed E-state index contributed by atoms with van der Waals surface area (Å²) in [5, 5.41) is 9.69. The van der Waals surface area contributed by atoms with Gasteiger partial charge >= 0.3 is 0 Å². The van der Waals surface area contributed by atoms with Crippen LogP contribution in [0.15, 0.2) is 4.63 Å². The van der Waals surface area contributed by atoms with Crippen molar-refractivity contribution in [2.24, 2.45) is 17.8 Å².